The van der Waals surface area contributed by atoms with E-state index in [0.29, 0.717) is 32.7 Å². The minimum atomic E-state index is -3.22. The number of nitrogens with zero attached hydrogens (tertiary/aromatic N) is 3. The topological polar surface area (TPSA) is 29.0 Å². The summed E-state index contributed by atoms with van der Waals surface area (Å²) >= 11 is 5.70. The average molecular weight is 324 g/mol. The molecule has 3 rings (SSSR count). The molecule has 0 N–H and O–H groups in total. The van der Waals surface area contributed by atoms with Gasteiger partial charge in [0.1, 0.15) is 11.5 Å². The SMILES string of the molecule is CC(F)(F)c1ncc(N2CCC3(CC3)C(F)(F)C2)nc1Cl. The van der Waals surface area contributed by atoms with Crippen LogP contribution in [0.25, 0.3) is 0 Å². The Bertz CT molecular complexity index is 569. The van der Waals surface area contributed by atoms with Gasteiger partial charge in [-0.1, -0.05) is 11.6 Å². The van der Waals surface area contributed by atoms with Gasteiger partial charge in [0.2, 0.25) is 0 Å². The Morgan fingerprint density at radius 1 is 1.29 bits per heavy atom. The predicted octanol–water partition coefficient (Wildman–Crippen LogP) is 3.87. The molecule has 21 heavy (non-hydrogen) atoms. The van der Waals surface area contributed by atoms with Crippen molar-refractivity contribution in [3.8, 4) is 0 Å². The van der Waals surface area contributed by atoms with E-state index in [-0.39, 0.29) is 5.82 Å². The number of anilines is 1. The standard InChI is InChI=1S/C13H14ClF4N3/c1-11(15,16)9-10(14)20-8(6-19-9)21-5-4-12(2-3-12)13(17,18)7-21/h6H,2-5,7H2,1H3. The van der Waals surface area contributed by atoms with Crippen molar-refractivity contribution in [1.29, 1.82) is 0 Å². The van der Waals surface area contributed by atoms with Crippen LogP contribution in [0.1, 0.15) is 31.9 Å². The minimum Gasteiger partial charge on any atom is -0.349 e. The summed E-state index contributed by atoms with van der Waals surface area (Å²) in [4.78, 5) is 8.77. The Hall–Kier alpha value is -1.11. The summed E-state index contributed by atoms with van der Waals surface area (Å²) in [7, 11) is 0. The van der Waals surface area contributed by atoms with Crippen molar-refractivity contribution < 1.29 is 17.6 Å². The molecule has 0 aromatic carbocycles. The molecule has 1 aliphatic heterocycles. The van der Waals surface area contributed by atoms with Crippen molar-refractivity contribution in [2.24, 2.45) is 5.41 Å². The molecule has 0 radical (unpaired) electrons. The number of hydrogen-bond donors (Lipinski definition) is 0. The normalized spacial score (nSPS) is 23.4. The zero-order chi connectivity index (χ0) is 15.5. The van der Waals surface area contributed by atoms with Gasteiger partial charge < -0.3 is 4.90 Å². The summed E-state index contributed by atoms with van der Waals surface area (Å²) in [6.45, 7) is 0.594. The maximum Gasteiger partial charge on any atom is 0.290 e. The van der Waals surface area contributed by atoms with Gasteiger partial charge in [0.15, 0.2) is 5.15 Å². The number of halogens is 5. The van der Waals surface area contributed by atoms with Crippen LogP contribution in [-0.2, 0) is 5.92 Å². The molecule has 0 bridgehead atoms. The first-order valence-corrected chi connectivity index (χ1v) is 7.06. The fourth-order valence-corrected chi connectivity index (χ4v) is 3.09. The van der Waals surface area contributed by atoms with Crippen LogP contribution in [0.4, 0.5) is 23.4 Å². The van der Waals surface area contributed by atoms with Crippen molar-refractivity contribution in [2.75, 3.05) is 18.0 Å². The van der Waals surface area contributed by atoms with E-state index in [9.17, 15) is 17.6 Å². The van der Waals surface area contributed by atoms with E-state index >= 15 is 0 Å². The molecule has 8 heteroatoms. The van der Waals surface area contributed by atoms with Crippen molar-refractivity contribution in [3.05, 3.63) is 17.0 Å². The molecule has 0 atom stereocenters. The van der Waals surface area contributed by atoms with Gasteiger partial charge in [-0.25, -0.2) is 18.7 Å². The van der Waals surface area contributed by atoms with Crippen LogP contribution < -0.4 is 4.90 Å². The van der Waals surface area contributed by atoms with E-state index in [1.807, 2.05) is 0 Å². The summed E-state index contributed by atoms with van der Waals surface area (Å²) in [5, 5.41) is -0.449. The van der Waals surface area contributed by atoms with Gasteiger partial charge >= 0.3 is 0 Å². The van der Waals surface area contributed by atoms with Gasteiger partial charge in [0.05, 0.1) is 12.7 Å². The van der Waals surface area contributed by atoms with Gasteiger partial charge in [0, 0.05) is 18.9 Å². The summed E-state index contributed by atoms with van der Waals surface area (Å²) in [5.74, 6) is -5.90. The molecule has 0 amide bonds. The second kappa shape index (κ2) is 4.44. The van der Waals surface area contributed by atoms with Gasteiger partial charge in [-0.05, 0) is 19.3 Å². The predicted molar refractivity (Wildman–Crippen MR) is 70.1 cm³/mol. The highest BCUT2D eigenvalue weighted by molar-refractivity contribution is 6.30. The molecule has 2 fully saturated rings. The first kappa shape index (κ1) is 14.8. The molecule has 2 heterocycles. The highest BCUT2D eigenvalue weighted by Gasteiger charge is 2.63. The lowest BCUT2D eigenvalue weighted by Gasteiger charge is -2.39. The van der Waals surface area contributed by atoms with Crippen molar-refractivity contribution in [2.45, 2.75) is 38.0 Å². The second-order valence-corrected chi connectivity index (χ2v) is 6.27. The maximum absolute atomic E-state index is 14.1. The Kier molecular flexibility index (Phi) is 3.13. The molecule has 1 saturated carbocycles. The number of rotatable bonds is 2. The number of piperidine rings is 1. The second-order valence-electron chi connectivity index (χ2n) is 5.91. The average Bonchev–Trinajstić information content (AvgIpc) is 3.13. The van der Waals surface area contributed by atoms with E-state index in [4.69, 9.17) is 11.6 Å². The number of aromatic nitrogens is 2. The Morgan fingerprint density at radius 2 is 1.95 bits per heavy atom. The largest absolute Gasteiger partial charge is 0.349 e. The van der Waals surface area contributed by atoms with E-state index in [0.717, 1.165) is 6.20 Å². The molecule has 1 saturated heterocycles. The van der Waals surface area contributed by atoms with Crippen LogP contribution in [0.5, 0.6) is 0 Å². The van der Waals surface area contributed by atoms with Crippen molar-refractivity contribution in [3.63, 3.8) is 0 Å². The summed E-state index contributed by atoms with van der Waals surface area (Å²) in [6, 6.07) is 0. The minimum absolute atomic E-state index is 0.114. The third kappa shape index (κ3) is 2.45. The van der Waals surface area contributed by atoms with Gasteiger partial charge in [-0.15, -0.1) is 0 Å². The maximum atomic E-state index is 14.1. The number of hydrogen-bond acceptors (Lipinski definition) is 3. The monoisotopic (exact) mass is 323 g/mol. The molecule has 1 aromatic heterocycles. The number of alkyl halides is 4. The first-order valence-electron chi connectivity index (χ1n) is 6.68. The quantitative estimate of drug-likeness (QED) is 0.774. The molecule has 1 spiro atoms. The summed E-state index contributed by atoms with van der Waals surface area (Å²) < 4.78 is 54.6. The third-order valence-electron chi connectivity index (χ3n) is 4.34. The van der Waals surface area contributed by atoms with Crippen LogP contribution >= 0.6 is 11.6 Å². The molecule has 1 aromatic rings. The van der Waals surface area contributed by atoms with Gasteiger partial charge in [-0.2, -0.15) is 8.78 Å². The van der Waals surface area contributed by atoms with Gasteiger partial charge in [0.25, 0.3) is 11.8 Å². The lowest BCUT2D eigenvalue weighted by atomic mass is 9.89. The van der Waals surface area contributed by atoms with E-state index < -0.39 is 34.7 Å². The molecular weight excluding hydrogens is 310 g/mol. The van der Waals surface area contributed by atoms with E-state index in [1.165, 1.54) is 4.90 Å². The van der Waals surface area contributed by atoms with Crippen LogP contribution in [0, 0.1) is 5.41 Å². The van der Waals surface area contributed by atoms with Crippen LogP contribution in [0.3, 0.4) is 0 Å². The molecule has 0 unspecified atom stereocenters. The Morgan fingerprint density at radius 3 is 2.43 bits per heavy atom. The van der Waals surface area contributed by atoms with E-state index in [1.54, 1.807) is 0 Å². The molecule has 2 aliphatic rings. The molecule has 1 aliphatic carbocycles. The zero-order valence-electron chi connectivity index (χ0n) is 11.3. The summed E-state index contributed by atoms with van der Waals surface area (Å²) in [6.07, 6.45) is 2.53. The smallest absolute Gasteiger partial charge is 0.290 e. The Labute approximate surface area is 124 Å². The highest BCUT2D eigenvalue weighted by Crippen LogP contribution is 2.61. The molecular formula is C13H14ClF4N3. The third-order valence-corrected chi connectivity index (χ3v) is 4.60. The zero-order valence-corrected chi connectivity index (χ0v) is 12.1. The lowest BCUT2D eigenvalue weighted by molar-refractivity contribution is -0.0795. The van der Waals surface area contributed by atoms with Crippen molar-refractivity contribution >= 4 is 17.4 Å². The first-order chi connectivity index (χ1) is 9.65. The van der Waals surface area contributed by atoms with Crippen LogP contribution in [0.2, 0.25) is 5.15 Å². The fraction of sp³-hybridized carbons (Fsp3) is 0.692. The Balaban J connectivity index is 1.84. The van der Waals surface area contributed by atoms with E-state index in [2.05, 4.69) is 9.97 Å². The highest BCUT2D eigenvalue weighted by atomic mass is 35.5. The fourth-order valence-electron chi connectivity index (χ4n) is 2.79. The van der Waals surface area contributed by atoms with Crippen LogP contribution in [-0.4, -0.2) is 29.0 Å². The van der Waals surface area contributed by atoms with Crippen LogP contribution in [0.15, 0.2) is 6.20 Å². The molecule has 3 nitrogen and oxygen atoms in total. The van der Waals surface area contributed by atoms with Crippen molar-refractivity contribution in [1.82, 2.24) is 9.97 Å². The summed E-state index contributed by atoms with van der Waals surface area (Å²) in [5.41, 5.74) is -1.51. The van der Waals surface area contributed by atoms with Gasteiger partial charge in [-0.3, -0.25) is 0 Å². The molecule has 116 valence electrons. The lowest BCUT2D eigenvalue weighted by Crippen LogP contribution is -2.50.